The van der Waals surface area contributed by atoms with E-state index in [1.165, 1.54) is 21.0 Å². The first-order valence-corrected chi connectivity index (χ1v) is 7.73. The quantitative estimate of drug-likeness (QED) is 0.433. The molecular weight excluding hydrogens is 373 g/mol. The number of ether oxygens (including phenoxy) is 4. The van der Waals surface area contributed by atoms with Gasteiger partial charge in [-0.3, -0.25) is 5.32 Å². The molecule has 1 N–H and O–H groups in total. The summed E-state index contributed by atoms with van der Waals surface area (Å²) in [5.41, 5.74) is -2.22. The molecule has 0 aliphatic carbocycles. The minimum atomic E-state index is -1.63. The van der Waals surface area contributed by atoms with Crippen molar-refractivity contribution in [2.75, 3.05) is 32.8 Å². The molecule has 0 aliphatic heterocycles. The second-order valence-corrected chi connectivity index (χ2v) is 5.86. The van der Waals surface area contributed by atoms with Crippen LogP contribution in [0, 0.1) is 5.82 Å². The molecule has 0 unspecified atom stereocenters. The topological polar surface area (TPSA) is 100 Å². The lowest BCUT2D eigenvalue weighted by Gasteiger charge is -2.23. The Morgan fingerprint density at radius 2 is 1.85 bits per heavy atom. The van der Waals surface area contributed by atoms with Crippen molar-refractivity contribution in [3.8, 4) is 0 Å². The summed E-state index contributed by atoms with van der Waals surface area (Å²) in [6, 6.07) is 1.80. The van der Waals surface area contributed by atoms with Gasteiger partial charge >= 0.3 is 18.0 Å². The number of methoxy groups -OCH3 is 2. The molecule has 0 radical (unpaired) electrons. The molecule has 1 aromatic rings. The molecule has 0 saturated carbocycles. The van der Waals surface area contributed by atoms with Crippen molar-refractivity contribution in [2.24, 2.45) is 0 Å². The van der Waals surface area contributed by atoms with E-state index in [0.29, 0.717) is 0 Å². The monoisotopic (exact) mass is 391 g/mol. The van der Waals surface area contributed by atoms with Gasteiger partial charge in [-0.15, -0.1) is 0 Å². The van der Waals surface area contributed by atoms with Gasteiger partial charge in [0, 0.05) is 7.11 Å². The van der Waals surface area contributed by atoms with Crippen LogP contribution in [0.5, 0.6) is 0 Å². The normalized spacial score (nSPS) is 10.8. The fourth-order valence-electron chi connectivity index (χ4n) is 1.68. The predicted molar refractivity (Wildman–Crippen MR) is 89.8 cm³/mol. The van der Waals surface area contributed by atoms with Gasteiger partial charge in [0.15, 0.2) is 0 Å². The first kappa shape index (κ1) is 21.7. The Balaban J connectivity index is 2.96. The predicted octanol–water partition coefficient (Wildman–Crippen LogP) is 2.78. The van der Waals surface area contributed by atoms with Crippen LogP contribution in [0.15, 0.2) is 12.1 Å². The zero-order valence-electron chi connectivity index (χ0n) is 14.7. The van der Waals surface area contributed by atoms with E-state index in [4.69, 9.17) is 25.8 Å². The highest BCUT2D eigenvalue weighted by Crippen LogP contribution is 2.27. The smallest absolute Gasteiger partial charge is 0.411 e. The molecule has 0 bridgehead atoms. The molecule has 26 heavy (non-hydrogen) atoms. The van der Waals surface area contributed by atoms with E-state index in [1.54, 1.807) is 0 Å². The van der Waals surface area contributed by atoms with Crippen molar-refractivity contribution in [1.82, 2.24) is 0 Å². The highest BCUT2D eigenvalue weighted by Gasteiger charge is 2.35. The molecule has 144 valence electrons. The van der Waals surface area contributed by atoms with Crippen LogP contribution in [-0.4, -0.2) is 51.1 Å². The van der Waals surface area contributed by atoms with Crippen LogP contribution in [0.2, 0.25) is 5.02 Å². The van der Waals surface area contributed by atoms with Crippen molar-refractivity contribution in [3.63, 3.8) is 0 Å². The molecule has 0 saturated heterocycles. The van der Waals surface area contributed by atoms with Crippen molar-refractivity contribution in [3.05, 3.63) is 28.5 Å². The minimum absolute atomic E-state index is 0.0131. The molecule has 1 aromatic carbocycles. The Hall–Kier alpha value is -2.39. The van der Waals surface area contributed by atoms with Gasteiger partial charge in [0.25, 0.3) is 0 Å². The van der Waals surface area contributed by atoms with Gasteiger partial charge in [-0.25, -0.2) is 18.8 Å². The largest absolute Gasteiger partial charge is 0.460 e. The van der Waals surface area contributed by atoms with Crippen LogP contribution in [-0.2, 0) is 23.7 Å². The number of carbonyl (C=O) groups excluding carboxylic acids is 3. The van der Waals surface area contributed by atoms with Gasteiger partial charge in [-0.1, -0.05) is 11.6 Å². The maximum absolute atomic E-state index is 13.8. The van der Waals surface area contributed by atoms with Crippen LogP contribution in [0.3, 0.4) is 0 Å². The summed E-state index contributed by atoms with van der Waals surface area (Å²) in [5, 5.41) is 1.84. The summed E-state index contributed by atoms with van der Waals surface area (Å²) in [5.74, 6) is -2.68. The Bertz CT molecular complexity index is 693. The summed E-state index contributed by atoms with van der Waals surface area (Å²) < 4.78 is 33.0. The summed E-state index contributed by atoms with van der Waals surface area (Å²) in [6.07, 6.45) is -0.937. The van der Waals surface area contributed by atoms with E-state index in [-0.39, 0.29) is 29.5 Å². The summed E-state index contributed by atoms with van der Waals surface area (Å²) in [4.78, 5) is 35.5. The lowest BCUT2D eigenvalue weighted by Crippen LogP contribution is -2.39. The van der Waals surface area contributed by atoms with Gasteiger partial charge in [0.05, 0.1) is 30.0 Å². The number of carbonyl (C=O) groups is 3. The number of benzene rings is 1. The van der Waals surface area contributed by atoms with Crippen LogP contribution in [0.25, 0.3) is 0 Å². The number of halogens is 2. The van der Waals surface area contributed by atoms with Crippen LogP contribution >= 0.6 is 11.6 Å². The van der Waals surface area contributed by atoms with Crippen molar-refractivity contribution < 1.29 is 37.7 Å². The molecule has 1 amide bonds. The third kappa shape index (κ3) is 5.85. The summed E-state index contributed by atoms with van der Waals surface area (Å²) >= 11 is 5.86. The van der Waals surface area contributed by atoms with Crippen molar-refractivity contribution in [1.29, 1.82) is 0 Å². The van der Waals surface area contributed by atoms with E-state index in [0.717, 1.165) is 19.2 Å². The number of anilines is 1. The molecule has 8 nitrogen and oxygen atoms in total. The lowest BCUT2D eigenvalue weighted by atomic mass is 10.1. The standard InChI is InChI=1S/C16H19ClFNO7/c1-16(2,14(21)25-6-5-23-3)26-13(20)9-7-12(19-15(22)24-4)11(18)8-10(9)17/h7-8H,5-6H2,1-4H3,(H,19,22). The van der Waals surface area contributed by atoms with E-state index in [2.05, 4.69) is 10.1 Å². The molecule has 0 aromatic heterocycles. The third-order valence-electron chi connectivity index (χ3n) is 3.06. The Labute approximate surface area is 154 Å². The average Bonchev–Trinajstić information content (AvgIpc) is 2.56. The number of hydrogen-bond donors (Lipinski definition) is 1. The molecule has 0 atom stereocenters. The lowest BCUT2D eigenvalue weighted by molar-refractivity contribution is -0.163. The van der Waals surface area contributed by atoms with Crippen molar-refractivity contribution in [2.45, 2.75) is 19.4 Å². The average molecular weight is 392 g/mol. The fourth-order valence-corrected chi connectivity index (χ4v) is 1.91. The molecule has 10 heteroatoms. The SMILES string of the molecule is COCCOC(=O)C(C)(C)OC(=O)c1cc(NC(=O)OC)c(F)cc1Cl. The zero-order valence-corrected chi connectivity index (χ0v) is 15.4. The second-order valence-electron chi connectivity index (χ2n) is 5.46. The summed E-state index contributed by atoms with van der Waals surface area (Å²) in [7, 11) is 2.53. The number of hydrogen-bond acceptors (Lipinski definition) is 7. The molecule has 1 rings (SSSR count). The van der Waals surface area contributed by atoms with E-state index < -0.39 is 29.5 Å². The first-order valence-electron chi connectivity index (χ1n) is 7.36. The van der Waals surface area contributed by atoms with Crippen LogP contribution in [0.1, 0.15) is 24.2 Å². The fraction of sp³-hybridized carbons (Fsp3) is 0.438. The third-order valence-corrected chi connectivity index (χ3v) is 3.37. The van der Waals surface area contributed by atoms with Gasteiger partial charge < -0.3 is 18.9 Å². The molecular formula is C16H19ClFNO7. The van der Waals surface area contributed by atoms with E-state index in [9.17, 15) is 18.8 Å². The highest BCUT2D eigenvalue weighted by atomic mass is 35.5. The second kappa shape index (κ2) is 9.35. The summed E-state index contributed by atoms with van der Waals surface area (Å²) in [6.45, 7) is 2.82. The molecule has 0 aliphatic rings. The maximum atomic E-state index is 13.8. The Kier molecular flexibility index (Phi) is 7.78. The van der Waals surface area contributed by atoms with Gasteiger partial charge in [-0.2, -0.15) is 0 Å². The Morgan fingerprint density at radius 1 is 1.19 bits per heavy atom. The number of rotatable bonds is 7. The van der Waals surface area contributed by atoms with Crippen LogP contribution < -0.4 is 5.32 Å². The number of amides is 1. The highest BCUT2D eigenvalue weighted by molar-refractivity contribution is 6.33. The number of nitrogens with one attached hydrogen (secondary N) is 1. The van der Waals surface area contributed by atoms with Gasteiger partial charge in [0.1, 0.15) is 12.4 Å². The Morgan fingerprint density at radius 3 is 2.42 bits per heavy atom. The molecule has 0 fully saturated rings. The van der Waals surface area contributed by atoms with Gasteiger partial charge in [0.2, 0.25) is 5.60 Å². The number of esters is 2. The first-order chi connectivity index (χ1) is 12.1. The zero-order chi connectivity index (χ0) is 19.9. The van der Waals surface area contributed by atoms with E-state index >= 15 is 0 Å². The van der Waals surface area contributed by atoms with Crippen molar-refractivity contribution >= 4 is 35.3 Å². The maximum Gasteiger partial charge on any atom is 0.411 e. The van der Waals surface area contributed by atoms with E-state index in [1.807, 2.05) is 0 Å². The van der Waals surface area contributed by atoms with Gasteiger partial charge in [-0.05, 0) is 26.0 Å². The molecule has 0 spiro atoms. The van der Waals surface area contributed by atoms with Crippen LogP contribution in [0.4, 0.5) is 14.9 Å². The minimum Gasteiger partial charge on any atom is -0.460 e. The molecule has 0 heterocycles.